The predicted octanol–water partition coefficient (Wildman–Crippen LogP) is 3.95. The summed E-state index contributed by atoms with van der Waals surface area (Å²) in [6.07, 6.45) is 3.47. The van der Waals surface area contributed by atoms with Gasteiger partial charge in [-0.15, -0.1) is 0 Å². The van der Waals surface area contributed by atoms with E-state index in [1.807, 2.05) is 13.8 Å². The smallest absolute Gasteiger partial charge is 0.308 e. The lowest BCUT2D eigenvalue weighted by Crippen LogP contribution is -2.26. The fraction of sp³-hybridized carbons (Fsp3) is 0.588. The first kappa shape index (κ1) is 15.0. The molecule has 0 unspecified atom stereocenters. The third-order valence-corrected chi connectivity index (χ3v) is 3.52. The van der Waals surface area contributed by atoms with Crippen LogP contribution in [0.5, 0.6) is 0 Å². The Kier molecular flexibility index (Phi) is 5.18. The van der Waals surface area contributed by atoms with Gasteiger partial charge in [-0.2, -0.15) is 0 Å². The SMILES string of the molecule is Cc1cccc([C@H]2CCC[C@@H](CC(=O)OC(C)C)O2)c1. The van der Waals surface area contributed by atoms with Crippen LogP contribution in [0.15, 0.2) is 24.3 Å². The lowest BCUT2D eigenvalue weighted by atomic mass is 9.96. The average molecular weight is 276 g/mol. The van der Waals surface area contributed by atoms with E-state index in [-0.39, 0.29) is 24.3 Å². The summed E-state index contributed by atoms with van der Waals surface area (Å²) in [5.41, 5.74) is 2.46. The molecule has 2 atom stereocenters. The van der Waals surface area contributed by atoms with Crippen LogP contribution in [0.2, 0.25) is 0 Å². The van der Waals surface area contributed by atoms with Gasteiger partial charge in [-0.05, 0) is 45.6 Å². The van der Waals surface area contributed by atoms with Crippen LogP contribution in [0.4, 0.5) is 0 Å². The maximum Gasteiger partial charge on any atom is 0.308 e. The summed E-state index contributed by atoms with van der Waals surface area (Å²) in [7, 11) is 0. The first-order chi connectivity index (χ1) is 9.54. The fourth-order valence-electron chi connectivity index (χ4n) is 2.66. The third-order valence-electron chi connectivity index (χ3n) is 3.52. The first-order valence-electron chi connectivity index (χ1n) is 7.46. The van der Waals surface area contributed by atoms with Gasteiger partial charge in [0.2, 0.25) is 0 Å². The minimum atomic E-state index is -0.158. The zero-order chi connectivity index (χ0) is 14.5. The number of benzene rings is 1. The molecule has 0 amide bonds. The Morgan fingerprint density at radius 2 is 2.20 bits per heavy atom. The topological polar surface area (TPSA) is 35.5 Å². The molecule has 0 aromatic heterocycles. The molecule has 2 rings (SSSR count). The summed E-state index contributed by atoms with van der Waals surface area (Å²) in [6, 6.07) is 8.42. The number of aryl methyl sites for hydroxylation is 1. The zero-order valence-electron chi connectivity index (χ0n) is 12.6. The Morgan fingerprint density at radius 3 is 2.90 bits per heavy atom. The minimum absolute atomic E-state index is 0.0134. The number of hydrogen-bond acceptors (Lipinski definition) is 3. The molecule has 3 heteroatoms. The van der Waals surface area contributed by atoms with Crippen molar-refractivity contribution in [1.29, 1.82) is 0 Å². The number of carbonyl (C=O) groups excluding carboxylic acids is 1. The largest absolute Gasteiger partial charge is 0.463 e. The molecule has 20 heavy (non-hydrogen) atoms. The van der Waals surface area contributed by atoms with Crippen LogP contribution in [0, 0.1) is 6.92 Å². The third kappa shape index (κ3) is 4.34. The molecule has 0 radical (unpaired) electrons. The Labute approximate surface area is 121 Å². The highest BCUT2D eigenvalue weighted by Gasteiger charge is 2.26. The van der Waals surface area contributed by atoms with Crippen molar-refractivity contribution in [2.45, 2.75) is 64.8 Å². The molecular weight excluding hydrogens is 252 g/mol. The molecule has 1 aromatic carbocycles. The predicted molar refractivity (Wildman–Crippen MR) is 78.5 cm³/mol. The Morgan fingerprint density at radius 1 is 1.40 bits per heavy atom. The van der Waals surface area contributed by atoms with E-state index in [0.29, 0.717) is 6.42 Å². The summed E-state index contributed by atoms with van der Waals surface area (Å²) in [6.45, 7) is 5.83. The van der Waals surface area contributed by atoms with Crippen LogP contribution >= 0.6 is 0 Å². The van der Waals surface area contributed by atoms with Gasteiger partial charge >= 0.3 is 5.97 Å². The second kappa shape index (κ2) is 6.89. The molecule has 0 bridgehead atoms. The van der Waals surface area contributed by atoms with Gasteiger partial charge in [0.05, 0.1) is 24.7 Å². The average Bonchev–Trinajstić information content (AvgIpc) is 2.38. The van der Waals surface area contributed by atoms with Crippen molar-refractivity contribution >= 4 is 5.97 Å². The van der Waals surface area contributed by atoms with Gasteiger partial charge in [-0.1, -0.05) is 29.8 Å². The Bertz CT molecular complexity index is 453. The first-order valence-corrected chi connectivity index (χ1v) is 7.46. The van der Waals surface area contributed by atoms with E-state index < -0.39 is 0 Å². The zero-order valence-corrected chi connectivity index (χ0v) is 12.6. The second-order valence-corrected chi connectivity index (χ2v) is 5.83. The maximum absolute atomic E-state index is 11.7. The van der Waals surface area contributed by atoms with E-state index in [1.54, 1.807) is 0 Å². The quantitative estimate of drug-likeness (QED) is 0.781. The lowest BCUT2D eigenvalue weighted by Gasteiger charge is -2.30. The number of esters is 1. The van der Waals surface area contributed by atoms with E-state index in [2.05, 4.69) is 31.2 Å². The highest BCUT2D eigenvalue weighted by Crippen LogP contribution is 2.32. The summed E-state index contributed by atoms with van der Waals surface area (Å²) >= 11 is 0. The molecule has 1 aliphatic rings. The maximum atomic E-state index is 11.7. The van der Waals surface area contributed by atoms with Crippen molar-refractivity contribution in [2.75, 3.05) is 0 Å². The van der Waals surface area contributed by atoms with Crippen LogP contribution < -0.4 is 0 Å². The summed E-state index contributed by atoms with van der Waals surface area (Å²) in [5, 5.41) is 0. The molecule has 1 aromatic rings. The number of rotatable bonds is 4. The molecule has 110 valence electrons. The number of hydrogen-bond donors (Lipinski definition) is 0. The van der Waals surface area contributed by atoms with E-state index in [0.717, 1.165) is 19.3 Å². The molecule has 1 aliphatic heterocycles. The molecule has 1 heterocycles. The van der Waals surface area contributed by atoms with Gasteiger partial charge in [0.25, 0.3) is 0 Å². The molecular formula is C17H24O3. The van der Waals surface area contributed by atoms with Crippen molar-refractivity contribution in [2.24, 2.45) is 0 Å². The van der Waals surface area contributed by atoms with E-state index in [4.69, 9.17) is 9.47 Å². The van der Waals surface area contributed by atoms with Gasteiger partial charge in [0, 0.05) is 0 Å². The molecule has 0 aliphatic carbocycles. The molecule has 1 saturated heterocycles. The monoisotopic (exact) mass is 276 g/mol. The molecule has 1 fully saturated rings. The van der Waals surface area contributed by atoms with Gasteiger partial charge in [0.1, 0.15) is 0 Å². The van der Waals surface area contributed by atoms with Gasteiger partial charge in [0.15, 0.2) is 0 Å². The van der Waals surface area contributed by atoms with Crippen LogP contribution in [0.3, 0.4) is 0 Å². The lowest BCUT2D eigenvalue weighted by molar-refractivity contribution is -0.153. The van der Waals surface area contributed by atoms with Gasteiger partial charge < -0.3 is 9.47 Å². The Hall–Kier alpha value is -1.35. The molecule has 3 nitrogen and oxygen atoms in total. The van der Waals surface area contributed by atoms with Crippen molar-refractivity contribution in [3.8, 4) is 0 Å². The number of ether oxygens (including phenoxy) is 2. The summed E-state index contributed by atoms with van der Waals surface area (Å²) in [4.78, 5) is 11.7. The van der Waals surface area contributed by atoms with E-state index in [9.17, 15) is 4.79 Å². The standard InChI is InChI=1S/C17H24O3/c1-12(2)19-17(18)11-15-8-5-9-16(20-15)14-7-4-6-13(3)10-14/h4,6-7,10,12,15-16H,5,8-9,11H2,1-3H3/t15-,16+/m0/s1. The van der Waals surface area contributed by atoms with Crippen molar-refractivity contribution in [3.05, 3.63) is 35.4 Å². The van der Waals surface area contributed by atoms with E-state index in [1.165, 1.54) is 11.1 Å². The normalized spacial score (nSPS) is 22.8. The van der Waals surface area contributed by atoms with Gasteiger partial charge in [-0.25, -0.2) is 0 Å². The summed E-state index contributed by atoms with van der Waals surface area (Å²) < 4.78 is 11.3. The molecule has 0 saturated carbocycles. The minimum Gasteiger partial charge on any atom is -0.463 e. The second-order valence-electron chi connectivity index (χ2n) is 5.83. The fourth-order valence-corrected chi connectivity index (χ4v) is 2.66. The van der Waals surface area contributed by atoms with Gasteiger partial charge in [-0.3, -0.25) is 4.79 Å². The van der Waals surface area contributed by atoms with Crippen molar-refractivity contribution < 1.29 is 14.3 Å². The van der Waals surface area contributed by atoms with Crippen LogP contribution in [0.1, 0.15) is 56.8 Å². The highest BCUT2D eigenvalue weighted by molar-refractivity contribution is 5.70. The van der Waals surface area contributed by atoms with Crippen LogP contribution in [0.25, 0.3) is 0 Å². The van der Waals surface area contributed by atoms with Crippen molar-refractivity contribution in [1.82, 2.24) is 0 Å². The number of carbonyl (C=O) groups is 1. The Balaban J connectivity index is 1.93. The summed E-state index contributed by atoms with van der Waals surface area (Å²) in [5.74, 6) is -0.158. The van der Waals surface area contributed by atoms with E-state index >= 15 is 0 Å². The highest BCUT2D eigenvalue weighted by atomic mass is 16.5. The van der Waals surface area contributed by atoms with Crippen molar-refractivity contribution in [3.63, 3.8) is 0 Å². The van der Waals surface area contributed by atoms with Crippen LogP contribution in [-0.2, 0) is 14.3 Å². The van der Waals surface area contributed by atoms with Crippen LogP contribution in [-0.4, -0.2) is 18.2 Å². The molecule has 0 spiro atoms. The molecule has 0 N–H and O–H groups in total.